The van der Waals surface area contributed by atoms with Crippen molar-refractivity contribution in [1.82, 2.24) is 13.9 Å². The molecule has 0 N–H and O–H groups in total. The normalized spacial score (nSPS) is 16.6. The van der Waals surface area contributed by atoms with Gasteiger partial charge in [0.1, 0.15) is 11.0 Å². The third-order valence-corrected chi connectivity index (χ3v) is 8.64. The smallest absolute Gasteiger partial charge is 0.319 e. The molecule has 4 rings (SSSR count). The van der Waals surface area contributed by atoms with E-state index in [2.05, 4.69) is 0 Å². The maximum Gasteiger partial charge on any atom is 0.319 e. The predicted molar refractivity (Wildman–Crippen MR) is 123 cm³/mol. The highest BCUT2D eigenvalue weighted by Crippen LogP contribution is 2.37. The predicted octanol–water partition coefficient (Wildman–Crippen LogP) is 3.47. The lowest BCUT2D eigenvalue weighted by molar-refractivity contribution is -0.137. The first-order valence-corrected chi connectivity index (χ1v) is 12.7. The average Bonchev–Trinajstić information content (AvgIpc) is 3.36. The lowest BCUT2D eigenvalue weighted by Crippen LogP contribution is -2.30. The summed E-state index contributed by atoms with van der Waals surface area (Å²) >= 11 is 1.32. The fourth-order valence-corrected chi connectivity index (χ4v) is 6.31. The van der Waals surface area contributed by atoms with E-state index in [1.807, 2.05) is 42.7 Å². The standard InChI is InChI=1S/C22H25N3O5S2/c1-4-24(5-2)32(27,28)15-10-11-17-16(14-15)23-22(31-20-12-13-30-21(20)26)25(17)18-8-6-7-9-19(18)29-3/h6-11,14,20H,4-5,12-13H2,1-3H3/t20-/m1/s1. The molecule has 32 heavy (non-hydrogen) atoms. The van der Waals surface area contributed by atoms with Crippen LogP contribution in [-0.4, -0.2) is 60.3 Å². The van der Waals surface area contributed by atoms with Gasteiger partial charge in [0, 0.05) is 19.5 Å². The second kappa shape index (κ2) is 9.13. The third kappa shape index (κ3) is 3.98. The molecule has 0 radical (unpaired) electrons. The van der Waals surface area contributed by atoms with Gasteiger partial charge in [0.05, 0.1) is 35.3 Å². The van der Waals surface area contributed by atoms with Crippen molar-refractivity contribution in [3.8, 4) is 11.4 Å². The van der Waals surface area contributed by atoms with Crippen LogP contribution in [0, 0.1) is 0 Å². The molecule has 1 atom stereocenters. The minimum Gasteiger partial charge on any atom is -0.495 e. The van der Waals surface area contributed by atoms with Gasteiger partial charge in [-0.25, -0.2) is 13.4 Å². The van der Waals surface area contributed by atoms with Crippen molar-refractivity contribution in [2.45, 2.75) is 35.6 Å². The van der Waals surface area contributed by atoms with Crippen molar-refractivity contribution >= 4 is 38.8 Å². The molecule has 1 fully saturated rings. The van der Waals surface area contributed by atoms with Gasteiger partial charge in [-0.1, -0.05) is 37.7 Å². The zero-order valence-corrected chi connectivity index (χ0v) is 19.8. The van der Waals surface area contributed by atoms with Crippen LogP contribution in [0.1, 0.15) is 20.3 Å². The number of imidazole rings is 1. The van der Waals surface area contributed by atoms with Crippen molar-refractivity contribution in [2.24, 2.45) is 0 Å². The first kappa shape index (κ1) is 22.6. The summed E-state index contributed by atoms with van der Waals surface area (Å²) in [5.41, 5.74) is 2.01. The highest BCUT2D eigenvalue weighted by molar-refractivity contribution is 8.00. The Morgan fingerprint density at radius 1 is 1.22 bits per heavy atom. The monoisotopic (exact) mass is 475 g/mol. The quantitative estimate of drug-likeness (QED) is 0.461. The molecule has 0 bridgehead atoms. The van der Waals surface area contributed by atoms with Gasteiger partial charge < -0.3 is 9.47 Å². The number of carbonyl (C=O) groups excluding carboxylic acids is 1. The van der Waals surface area contributed by atoms with Gasteiger partial charge in [0.15, 0.2) is 5.16 Å². The number of sulfonamides is 1. The Hall–Kier alpha value is -2.56. The molecule has 170 valence electrons. The van der Waals surface area contributed by atoms with Crippen LogP contribution >= 0.6 is 11.8 Å². The summed E-state index contributed by atoms with van der Waals surface area (Å²) in [6.07, 6.45) is 0.597. The molecule has 1 aliphatic rings. The third-order valence-electron chi connectivity index (χ3n) is 5.40. The van der Waals surface area contributed by atoms with Crippen LogP contribution in [0.25, 0.3) is 16.7 Å². The molecule has 0 unspecified atom stereocenters. The number of methoxy groups -OCH3 is 1. The van der Waals surface area contributed by atoms with Crippen molar-refractivity contribution in [2.75, 3.05) is 26.8 Å². The van der Waals surface area contributed by atoms with Crippen LogP contribution in [0.3, 0.4) is 0 Å². The Balaban J connectivity index is 1.89. The Bertz CT molecular complexity index is 1250. The highest BCUT2D eigenvalue weighted by Gasteiger charge is 2.31. The largest absolute Gasteiger partial charge is 0.495 e. The molecule has 1 aliphatic heterocycles. The molecular weight excluding hydrogens is 450 g/mol. The van der Waals surface area contributed by atoms with E-state index in [1.165, 1.54) is 16.1 Å². The van der Waals surface area contributed by atoms with E-state index in [1.54, 1.807) is 25.3 Å². The van der Waals surface area contributed by atoms with Gasteiger partial charge in [-0.05, 0) is 30.3 Å². The number of aromatic nitrogens is 2. The minimum atomic E-state index is -3.63. The molecule has 1 saturated heterocycles. The number of carbonyl (C=O) groups is 1. The number of thioether (sulfide) groups is 1. The number of hydrogen-bond donors (Lipinski definition) is 0. The maximum atomic E-state index is 13.0. The number of ether oxygens (including phenoxy) is 2. The second-order valence-corrected chi connectivity index (χ2v) is 10.3. The summed E-state index contributed by atoms with van der Waals surface area (Å²) in [6.45, 7) is 4.78. The van der Waals surface area contributed by atoms with Crippen LogP contribution < -0.4 is 4.74 Å². The number of rotatable bonds is 8. The molecule has 2 aromatic carbocycles. The van der Waals surface area contributed by atoms with E-state index in [0.717, 1.165) is 11.2 Å². The van der Waals surface area contributed by atoms with E-state index >= 15 is 0 Å². The number of nitrogens with zero attached hydrogens (tertiary/aromatic N) is 3. The molecular formula is C22H25N3O5S2. The fourth-order valence-electron chi connectivity index (χ4n) is 3.75. The van der Waals surface area contributed by atoms with Crippen molar-refractivity contribution < 1.29 is 22.7 Å². The number of esters is 1. The summed E-state index contributed by atoms with van der Waals surface area (Å²) in [5.74, 6) is 0.376. The second-order valence-electron chi connectivity index (χ2n) is 7.20. The van der Waals surface area contributed by atoms with E-state index in [4.69, 9.17) is 14.5 Å². The average molecular weight is 476 g/mol. The number of fused-ring (bicyclic) bond motifs is 1. The van der Waals surface area contributed by atoms with Gasteiger partial charge >= 0.3 is 5.97 Å². The van der Waals surface area contributed by atoms with Gasteiger partial charge in [0.25, 0.3) is 0 Å². The maximum absolute atomic E-state index is 13.0. The van der Waals surface area contributed by atoms with Crippen molar-refractivity contribution in [1.29, 1.82) is 0 Å². The molecule has 0 saturated carbocycles. The van der Waals surface area contributed by atoms with Crippen molar-refractivity contribution in [3.63, 3.8) is 0 Å². The van der Waals surface area contributed by atoms with E-state index in [9.17, 15) is 13.2 Å². The molecule has 3 aromatic rings. The topological polar surface area (TPSA) is 90.7 Å². The molecule has 1 aromatic heterocycles. The van der Waals surface area contributed by atoms with E-state index < -0.39 is 10.0 Å². The Morgan fingerprint density at radius 2 is 1.97 bits per heavy atom. The fraction of sp³-hybridized carbons (Fsp3) is 0.364. The number of cyclic esters (lactones) is 1. The zero-order chi connectivity index (χ0) is 22.9. The van der Waals surface area contributed by atoms with Crippen molar-refractivity contribution in [3.05, 3.63) is 42.5 Å². The lowest BCUT2D eigenvalue weighted by Gasteiger charge is -2.18. The molecule has 8 nitrogen and oxygen atoms in total. The molecule has 0 amide bonds. The number of para-hydroxylation sites is 2. The van der Waals surface area contributed by atoms with Crippen LogP contribution in [0.4, 0.5) is 0 Å². The van der Waals surface area contributed by atoms with Gasteiger partial charge in [-0.2, -0.15) is 4.31 Å². The first-order chi connectivity index (χ1) is 15.4. The summed E-state index contributed by atoms with van der Waals surface area (Å²) in [5, 5.41) is 0.213. The highest BCUT2D eigenvalue weighted by atomic mass is 32.2. The summed E-state index contributed by atoms with van der Waals surface area (Å²) in [6, 6.07) is 12.4. The Morgan fingerprint density at radius 3 is 2.62 bits per heavy atom. The number of benzene rings is 2. The first-order valence-electron chi connectivity index (χ1n) is 10.4. The Labute approximate surface area is 191 Å². The Kier molecular flexibility index (Phi) is 6.45. The van der Waals surface area contributed by atoms with Crippen LogP contribution in [-0.2, 0) is 19.6 Å². The lowest BCUT2D eigenvalue weighted by atomic mass is 10.2. The molecule has 0 spiro atoms. The van der Waals surface area contributed by atoms with Crippen LogP contribution in [0.5, 0.6) is 5.75 Å². The van der Waals surface area contributed by atoms with Gasteiger partial charge in [0.2, 0.25) is 10.0 Å². The summed E-state index contributed by atoms with van der Waals surface area (Å²) in [7, 11) is -2.04. The van der Waals surface area contributed by atoms with Gasteiger partial charge in [-0.15, -0.1) is 0 Å². The minimum absolute atomic E-state index is 0.190. The summed E-state index contributed by atoms with van der Waals surface area (Å²) in [4.78, 5) is 17.0. The van der Waals surface area contributed by atoms with Crippen LogP contribution in [0.15, 0.2) is 52.5 Å². The zero-order valence-electron chi connectivity index (χ0n) is 18.1. The van der Waals surface area contributed by atoms with Crippen LogP contribution in [0.2, 0.25) is 0 Å². The van der Waals surface area contributed by atoms with E-state index in [-0.39, 0.29) is 16.1 Å². The molecule has 10 heteroatoms. The van der Waals surface area contributed by atoms with E-state index in [0.29, 0.717) is 42.5 Å². The molecule has 0 aliphatic carbocycles. The summed E-state index contributed by atoms with van der Waals surface area (Å²) < 4.78 is 40.0. The molecule has 2 heterocycles. The van der Waals surface area contributed by atoms with Gasteiger partial charge in [-0.3, -0.25) is 9.36 Å². The number of hydrogen-bond acceptors (Lipinski definition) is 7. The SMILES string of the molecule is CCN(CC)S(=O)(=O)c1ccc2c(c1)nc(S[C@@H]1CCOC1=O)n2-c1ccccc1OC.